The van der Waals surface area contributed by atoms with Crippen LogP contribution in [0.1, 0.15) is 22.3 Å². The highest BCUT2D eigenvalue weighted by atomic mass is 32.2. The molecule has 0 fully saturated rings. The van der Waals surface area contributed by atoms with Gasteiger partial charge in [-0.05, 0) is 49.6 Å². The molecule has 6 heteroatoms. The highest BCUT2D eigenvalue weighted by Gasteiger charge is 2.13. The average molecular weight is 360 g/mol. The number of nitrogens with zero attached hydrogens (tertiary/aromatic N) is 1. The molecule has 0 bridgehead atoms. The summed E-state index contributed by atoms with van der Waals surface area (Å²) >= 11 is 0. The molecule has 134 valence electrons. The van der Waals surface area contributed by atoms with Gasteiger partial charge in [-0.25, -0.2) is 8.42 Å². The normalized spacial score (nSPS) is 11.2. The lowest BCUT2D eigenvalue weighted by Gasteiger charge is -2.17. The molecule has 0 aliphatic carbocycles. The van der Waals surface area contributed by atoms with E-state index in [1.54, 1.807) is 24.3 Å². The fourth-order valence-corrected chi connectivity index (χ4v) is 3.27. The van der Waals surface area contributed by atoms with Crippen molar-refractivity contribution in [1.82, 2.24) is 0 Å². The summed E-state index contributed by atoms with van der Waals surface area (Å²) in [5.74, 6) is -0.0979. The minimum absolute atomic E-state index is 0.0979. The minimum atomic E-state index is -3.29. The van der Waals surface area contributed by atoms with Gasteiger partial charge >= 0.3 is 0 Å². The summed E-state index contributed by atoms with van der Waals surface area (Å²) in [4.78, 5) is 12.3. The van der Waals surface area contributed by atoms with Crippen LogP contribution in [-0.2, 0) is 21.2 Å². The van der Waals surface area contributed by atoms with Crippen LogP contribution in [0.15, 0.2) is 36.4 Å². The predicted octanol–water partition coefficient (Wildman–Crippen LogP) is 3.19. The number of rotatable bonds is 5. The van der Waals surface area contributed by atoms with Gasteiger partial charge in [0, 0.05) is 12.7 Å². The third kappa shape index (κ3) is 4.82. The first kappa shape index (κ1) is 19.0. The molecule has 0 aliphatic rings. The van der Waals surface area contributed by atoms with E-state index < -0.39 is 10.0 Å². The number of aryl methyl sites for hydroxylation is 3. The molecule has 0 aromatic heterocycles. The standard InChI is InChI=1S/C19H24N2O3S/c1-13-10-14(2)19(15(3)11-13)20-18(22)12-16-6-8-17(9-7-16)21(4)25(5,23)24/h6-11H,12H2,1-5H3,(H,20,22). The number of sulfonamides is 1. The van der Waals surface area contributed by atoms with Gasteiger partial charge < -0.3 is 5.32 Å². The van der Waals surface area contributed by atoms with Gasteiger partial charge in [0.25, 0.3) is 0 Å². The molecule has 0 radical (unpaired) electrons. The van der Waals surface area contributed by atoms with Crippen LogP contribution >= 0.6 is 0 Å². The number of carbonyl (C=O) groups excluding carboxylic acids is 1. The van der Waals surface area contributed by atoms with Gasteiger partial charge in [-0.15, -0.1) is 0 Å². The van der Waals surface area contributed by atoms with Crippen molar-refractivity contribution in [3.05, 3.63) is 58.7 Å². The second kappa shape index (κ2) is 7.27. The van der Waals surface area contributed by atoms with Crippen molar-refractivity contribution in [2.45, 2.75) is 27.2 Å². The summed E-state index contributed by atoms with van der Waals surface area (Å²) in [7, 11) is -1.79. The van der Waals surface area contributed by atoms with Gasteiger partial charge in [0.1, 0.15) is 0 Å². The van der Waals surface area contributed by atoms with E-state index in [-0.39, 0.29) is 12.3 Å². The Morgan fingerprint density at radius 3 is 2.04 bits per heavy atom. The van der Waals surface area contributed by atoms with E-state index in [0.29, 0.717) is 5.69 Å². The number of carbonyl (C=O) groups is 1. The maximum absolute atomic E-state index is 12.3. The Morgan fingerprint density at radius 2 is 1.56 bits per heavy atom. The maximum atomic E-state index is 12.3. The molecule has 5 nitrogen and oxygen atoms in total. The number of benzene rings is 2. The molecule has 0 spiro atoms. The largest absolute Gasteiger partial charge is 0.325 e. The molecule has 0 aliphatic heterocycles. The second-order valence-corrected chi connectivity index (χ2v) is 8.41. The van der Waals surface area contributed by atoms with E-state index in [9.17, 15) is 13.2 Å². The molecule has 25 heavy (non-hydrogen) atoms. The summed E-state index contributed by atoms with van der Waals surface area (Å²) < 4.78 is 24.3. The molecule has 0 atom stereocenters. The maximum Gasteiger partial charge on any atom is 0.231 e. The zero-order valence-electron chi connectivity index (χ0n) is 15.3. The Morgan fingerprint density at radius 1 is 1.04 bits per heavy atom. The average Bonchev–Trinajstić information content (AvgIpc) is 2.50. The first-order valence-corrected chi connectivity index (χ1v) is 9.83. The lowest BCUT2D eigenvalue weighted by molar-refractivity contribution is -0.115. The van der Waals surface area contributed by atoms with Crippen molar-refractivity contribution in [2.75, 3.05) is 22.9 Å². The lowest BCUT2D eigenvalue weighted by Crippen LogP contribution is -2.24. The monoisotopic (exact) mass is 360 g/mol. The van der Waals surface area contributed by atoms with Crippen LogP contribution in [0.2, 0.25) is 0 Å². The Balaban J connectivity index is 2.09. The first-order valence-electron chi connectivity index (χ1n) is 7.98. The lowest BCUT2D eigenvalue weighted by atomic mass is 10.0. The quantitative estimate of drug-likeness (QED) is 0.890. The Labute approximate surface area is 149 Å². The number of anilines is 2. The smallest absolute Gasteiger partial charge is 0.231 e. The van der Waals surface area contributed by atoms with Crippen molar-refractivity contribution >= 4 is 27.3 Å². The Kier molecular flexibility index (Phi) is 5.52. The van der Waals surface area contributed by atoms with Gasteiger partial charge in [0.2, 0.25) is 15.9 Å². The molecule has 2 aromatic rings. The third-order valence-electron chi connectivity index (χ3n) is 4.10. The van der Waals surface area contributed by atoms with Crippen molar-refractivity contribution < 1.29 is 13.2 Å². The molecular weight excluding hydrogens is 336 g/mol. The molecule has 0 saturated heterocycles. The number of hydrogen-bond donors (Lipinski definition) is 1. The van der Waals surface area contributed by atoms with Crippen molar-refractivity contribution in [3.8, 4) is 0 Å². The zero-order valence-corrected chi connectivity index (χ0v) is 16.1. The Hall–Kier alpha value is -2.34. The number of hydrogen-bond acceptors (Lipinski definition) is 3. The highest BCUT2D eigenvalue weighted by Crippen LogP contribution is 2.22. The van der Waals surface area contributed by atoms with E-state index in [1.165, 1.54) is 16.9 Å². The summed E-state index contributed by atoms with van der Waals surface area (Å²) in [6, 6.07) is 11.0. The van der Waals surface area contributed by atoms with Crippen molar-refractivity contribution in [3.63, 3.8) is 0 Å². The molecule has 1 N–H and O–H groups in total. The van der Waals surface area contributed by atoms with Gasteiger partial charge in [0.15, 0.2) is 0 Å². The predicted molar refractivity (Wildman–Crippen MR) is 103 cm³/mol. The third-order valence-corrected chi connectivity index (χ3v) is 5.31. The van der Waals surface area contributed by atoms with E-state index >= 15 is 0 Å². The SMILES string of the molecule is Cc1cc(C)c(NC(=O)Cc2ccc(N(C)S(C)(=O)=O)cc2)c(C)c1. The molecular formula is C19H24N2O3S. The molecule has 2 rings (SSSR count). The zero-order chi connectivity index (χ0) is 18.8. The van der Waals surface area contributed by atoms with Crippen LogP contribution in [0.4, 0.5) is 11.4 Å². The van der Waals surface area contributed by atoms with E-state index in [0.717, 1.165) is 28.6 Å². The number of nitrogens with one attached hydrogen (secondary N) is 1. The van der Waals surface area contributed by atoms with Crippen LogP contribution in [0.5, 0.6) is 0 Å². The topological polar surface area (TPSA) is 66.5 Å². The first-order chi connectivity index (χ1) is 11.6. The molecule has 1 amide bonds. The minimum Gasteiger partial charge on any atom is -0.325 e. The van der Waals surface area contributed by atoms with E-state index in [2.05, 4.69) is 5.32 Å². The number of amides is 1. The van der Waals surface area contributed by atoms with Crippen LogP contribution < -0.4 is 9.62 Å². The highest BCUT2D eigenvalue weighted by molar-refractivity contribution is 7.92. The van der Waals surface area contributed by atoms with Gasteiger partial charge in [0.05, 0.1) is 18.4 Å². The fraction of sp³-hybridized carbons (Fsp3) is 0.316. The van der Waals surface area contributed by atoms with Gasteiger partial charge in [-0.2, -0.15) is 0 Å². The van der Waals surface area contributed by atoms with E-state index in [1.807, 2.05) is 32.9 Å². The van der Waals surface area contributed by atoms with Crippen molar-refractivity contribution in [1.29, 1.82) is 0 Å². The molecule has 0 heterocycles. The van der Waals surface area contributed by atoms with Crippen molar-refractivity contribution in [2.24, 2.45) is 0 Å². The second-order valence-electron chi connectivity index (χ2n) is 6.40. The summed E-state index contributed by atoms with van der Waals surface area (Å²) in [6.45, 7) is 5.98. The van der Waals surface area contributed by atoms with E-state index in [4.69, 9.17) is 0 Å². The van der Waals surface area contributed by atoms with Crippen LogP contribution in [0.25, 0.3) is 0 Å². The summed E-state index contributed by atoms with van der Waals surface area (Å²) in [5, 5.41) is 2.97. The molecule has 0 saturated carbocycles. The summed E-state index contributed by atoms with van der Waals surface area (Å²) in [6.07, 6.45) is 1.39. The summed E-state index contributed by atoms with van der Waals surface area (Å²) in [5.41, 5.74) is 5.48. The van der Waals surface area contributed by atoms with Crippen LogP contribution in [-0.4, -0.2) is 27.6 Å². The van der Waals surface area contributed by atoms with Crippen LogP contribution in [0.3, 0.4) is 0 Å². The Bertz CT molecular complexity index is 864. The van der Waals surface area contributed by atoms with Crippen LogP contribution in [0, 0.1) is 20.8 Å². The van der Waals surface area contributed by atoms with Gasteiger partial charge in [-0.1, -0.05) is 29.8 Å². The molecule has 2 aromatic carbocycles. The van der Waals surface area contributed by atoms with Gasteiger partial charge in [-0.3, -0.25) is 9.10 Å². The molecule has 0 unspecified atom stereocenters. The fourth-order valence-electron chi connectivity index (χ4n) is 2.76.